The van der Waals surface area contributed by atoms with E-state index in [1.165, 1.54) is 11.1 Å². The van der Waals surface area contributed by atoms with Crippen molar-refractivity contribution in [2.45, 2.75) is 78.3 Å². The molecule has 1 aliphatic carbocycles. The Hall–Kier alpha value is -3.55. The van der Waals surface area contributed by atoms with Gasteiger partial charge in [0.2, 0.25) is 5.79 Å². The zero-order valence-electron chi connectivity index (χ0n) is 23.2. The van der Waals surface area contributed by atoms with E-state index in [2.05, 4.69) is 44.8 Å². The number of carboxylic acid groups (broad SMARTS) is 1. The van der Waals surface area contributed by atoms with Crippen LogP contribution < -0.4 is 0 Å². The van der Waals surface area contributed by atoms with Crippen molar-refractivity contribution in [2.24, 2.45) is 5.92 Å². The first-order valence-corrected chi connectivity index (χ1v) is 13.5. The van der Waals surface area contributed by atoms with Crippen molar-refractivity contribution in [3.63, 3.8) is 0 Å². The predicted molar refractivity (Wildman–Crippen MR) is 151 cm³/mol. The molecule has 7 nitrogen and oxygen atoms in total. The number of carbonyl (C=O) groups excluding carboxylic acids is 1. The number of nitrogens with one attached hydrogen (secondary N) is 1. The molecule has 0 fully saturated rings. The first-order chi connectivity index (χ1) is 18.5. The molecule has 3 aliphatic rings. The fourth-order valence-electron chi connectivity index (χ4n) is 5.68. The first kappa shape index (κ1) is 27.0. The highest BCUT2D eigenvalue weighted by molar-refractivity contribution is 5.98. The number of rotatable bonds is 6. The van der Waals surface area contributed by atoms with Crippen LogP contribution in [0.15, 0.2) is 70.9 Å². The highest BCUT2D eigenvalue weighted by atomic mass is 16.7. The topological polar surface area (TPSA) is 102 Å². The molecule has 0 saturated heterocycles. The van der Waals surface area contributed by atoms with E-state index in [0.717, 1.165) is 30.4 Å². The minimum Gasteiger partial charge on any atom is -0.478 e. The lowest BCUT2D eigenvalue weighted by atomic mass is 9.78. The normalized spacial score (nSPS) is 27.1. The number of carbonyl (C=O) groups is 2. The number of aromatic nitrogens is 2. The molecule has 2 N–H and O–H groups in total. The number of carboxylic acids is 1. The second kappa shape index (κ2) is 10.5. The lowest BCUT2D eigenvalue weighted by Gasteiger charge is -2.45. The second-order valence-electron chi connectivity index (χ2n) is 11.3. The highest BCUT2D eigenvalue weighted by Gasteiger charge is 2.46. The molecule has 3 heterocycles. The van der Waals surface area contributed by atoms with Crippen molar-refractivity contribution in [1.82, 2.24) is 9.97 Å². The molecule has 1 spiro atoms. The molecule has 0 radical (unpaired) electrons. The fraction of sp³-hybridized carbons (Fsp3) is 0.406. The number of hydrogen-bond acceptors (Lipinski definition) is 5. The Morgan fingerprint density at radius 1 is 1.18 bits per heavy atom. The van der Waals surface area contributed by atoms with Crippen molar-refractivity contribution in [2.75, 3.05) is 0 Å². The fourth-order valence-corrected chi connectivity index (χ4v) is 5.68. The van der Waals surface area contributed by atoms with E-state index >= 15 is 0 Å². The van der Waals surface area contributed by atoms with Crippen LogP contribution in [0.25, 0.3) is 16.6 Å². The van der Waals surface area contributed by atoms with E-state index in [-0.39, 0.29) is 29.5 Å². The number of nitrogens with zero attached hydrogens (tertiary/aromatic N) is 1. The molecule has 2 aliphatic heterocycles. The van der Waals surface area contributed by atoms with Gasteiger partial charge in [-0.2, -0.15) is 0 Å². The lowest BCUT2D eigenvalue weighted by molar-refractivity contribution is -0.220. The number of H-pyrrole nitrogens is 1. The van der Waals surface area contributed by atoms with Crippen LogP contribution in [0, 0.1) is 5.92 Å². The molecule has 204 valence electrons. The third kappa shape index (κ3) is 5.75. The Morgan fingerprint density at radius 3 is 2.72 bits per heavy atom. The summed E-state index contributed by atoms with van der Waals surface area (Å²) in [5.74, 6) is -1.67. The van der Waals surface area contributed by atoms with E-state index in [1.807, 2.05) is 25.2 Å². The van der Waals surface area contributed by atoms with Gasteiger partial charge in [-0.25, -0.2) is 9.78 Å². The van der Waals surface area contributed by atoms with Gasteiger partial charge in [-0.1, -0.05) is 28.9 Å². The van der Waals surface area contributed by atoms with Crippen molar-refractivity contribution in [3.05, 3.63) is 82.3 Å². The summed E-state index contributed by atoms with van der Waals surface area (Å²) in [7, 11) is 0. The summed E-state index contributed by atoms with van der Waals surface area (Å²) in [6, 6.07) is 4.82. The van der Waals surface area contributed by atoms with Gasteiger partial charge in [0.05, 0.1) is 28.8 Å². The summed E-state index contributed by atoms with van der Waals surface area (Å²) in [6.07, 6.45) is 12.8. The summed E-state index contributed by atoms with van der Waals surface area (Å²) in [4.78, 5) is 32.3. The maximum absolute atomic E-state index is 12.7. The molecule has 0 amide bonds. The van der Waals surface area contributed by atoms with Crippen LogP contribution >= 0.6 is 0 Å². The number of aromatic amines is 1. The Morgan fingerprint density at radius 2 is 1.97 bits per heavy atom. The Bertz CT molecular complexity index is 1480. The number of hydrogen-bond donors (Lipinski definition) is 2. The minimum atomic E-state index is -1.11. The van der Waals surface area contributed by atoms with Gasteiger partial charge >= 0.3 is 5.97 Å². The summed E-state index contributed by atoms with van der Waals surface area (Å²) in [5, 5.41) is 9.42. The number of imidazole rings is 1. The molecule has 4 atom stereocenters. The van der Waals surface area contributed by atoms with Crippen LogP contribution in [0.4, 0.5) is 0 Å². The third-order valence-electron chi connectivity index (χ3n) is 7.60. The summed E-state index contributed by atoms with van der Waals surface area (Å²) >= 11 is 0. The molecule has 7 heteroatoms. The quantitative estimate of drug-likeness (QED) is 0.405. The molecule has 0 bridgehead atoms. The third-order valence-corrected chi connectivity index (χ3v) is 7.60. The molecule has 2 aromatic rings. The van der Waals surface area contributed by atoms with Crippen molar-refractivity contribution in [1.29, 1.82) is 0 Å². The minimum absolute atomic E-state index is 0.0788. The maximum Gasteiger partial charge on any atom is 0.335 e. The van der Waals surface area contributed by atoms with Crippen LogP contribution in [-0.4, -0.2) is 44.8 Å². The smallest absolute Gasteiger partial charge is 0.335 e. The van der Waals surface area contributed by atoms with Crippen LogP contribution in [0.2, 0.25) is 0 Å². The monoisotopic (exact) mass is 528 g/mol. The number of ketones is 1. The summed E-state index contributed by atoms with van der Waals surface area (Å²) in [5.41, 5.74) is 6.74. The standard InChI is InChI=1S/C32H36N2O5/c1-18(2)7-6-8-19(3)11-23-12-20(4)16-32(38-23)17-25(24-15-28(35)21(5)13-29(24)39-32)30-33-26-10-9-22(31(36)37)14-27(26)34-30/h7,9-11,13-14,16-17,23-24,29H,6,8,12,15H2,1-5H3,(H,33,34)(H,36,37)/b19-11+/t23-,24-,29-,32+/m1/s1. The average molecular weight is 529 g/mol. The van der Waals surface area contributed by atoms with Gasteiger partial charge in [0.1, 0.15) is 5.82 Å². The molecular weight excluding hydrogens is 492 g/mol. The van der Waals surface area contributed by atoms with Gasteiger partial charge < -0.3 is 19.6 Å². The first-order valence-electron chi connectivity index (χ1n) is 13.5. The Balaban J connectivity index is 1.54. The Labute approximate surface area is 229 Å². The van der Waals surface area contributed by atoms with Gasteiger partial charge in [0, 0.05) is 17.9 Å². The molecule has 5 rings (SSSR count). The Kier molecular flexibility index (Phi) is 7.31. The van der Waals surface area contributed by atoms with Crippen LogP contribution in [0.1, 0.15) is 76.5 Å². The molecule has 39 heavy (non-hydrogen) atoms. The number of ether oxygens (including phenoxy) is 2. The summed E-state index contributed by atoms with van der Waals surface area (Å²) in [6.45, 7) is 10.3. The van der Waals surface area contributed by atoms with Crippen LogP contribution in [0.5, 0.6) is 0 Å². The van der Waals surface area contributed by atoms with E-state index in [0.29, 0.717) is 28.9 Å². The van der Waals surface area contributed by atoms with Gasteiger partial charge in [-0.15, -0.1) is 0 Å². The van der Waals surface area contributed by atoms with Crippen LogP contribution in [0.3, 0.4) is 0 Å². The lowest BCUT2D eigenvalue weighted by Crippen LogP contribution is -2.48. The number of benzene rings is 1. The number of fused-ring (bicyclic) bond motifs is 2. The molecule has 1 aromatic carbocycles. The molecule has 0 unspecified atom stereocenters. The van der Waals surface area contributed by atoms with Crippen LogP contribution in [-0.2, 0) is 14.3 Å². The van der Waals surface area contributed by atoms with Gasteiger partial charge in [0.15, 0.2) is 5.78 Å². The van der Waals surface area contributed by atoms with Crippen molar-refractivity contribution < 1.29 is 24.2 Å². The molecule has 1 aromatic heterocycles. The number of allylic oxidation sites excluding steroid dienone is 4. The van der Waals surface area contributed by atoms with Gasteiger partial charge in [-0.05, 0) is 95.9 Å². The largest absolute Gasteiger partial charge is 0.478 e. The van der Waals surface area contributed by atoms with E-state index in [1.54, 1.807) is 18.2 Å². The van der Waals surface area contributed by atoms with E-state index < -0.39 is 11.8 Å². The zero-order chi connectivity index (χ0) is 27.9. The van der Waals surface area contributed by atoms with Gasteiger partial charge in [0.25, 0.3) is 0 Å². The van der Waals surface area contributed by atoms with Crippen molar-refractivity contribution in [3.8, 4) is 0 Å². The molecule has 0 saturated carbocycles. The van der Waals surface area contributed by atoms with E-state index in [4.69, 9.17) is 14.5 Å². The van der Waals surface area contributed by atoms with Crippen molar-refractivity contribution >= 4 is 28.4 Å². The zero-order valence-corrected chi connectivity index (χ0v) is 23.2. The van der Waals surface area contributed by atoms with E-state index in [9.17, 15) is 14.7 Å². The highest BCUT2D eigenvalue weighted by Crippen LogP contribution is 2.45. The number of aromatic carboxylic acids is 1. The SMILES string of the molecule is CC(C)=CCC/C(C)=C/[C@@H]1CC(C)=C[C@]2(C=C(c3nc4ccc(C(=O)O)cc4[nH]3)[C@H]3CC(=O)C(C)=C[C@H]3O2)O1. The summed E-state index contributed by atoms with van der Waals surface area (Å²) < 4.78 is 13.3. The maximum atomic E-state index is 12.7. The number of Topliss-reactive ketones (excluding diaryl/α,β-unsaturated/α-hetero) is 1. The second-order valence-corrected chi connectivity index (χ2v) is 11.3. The average Bonchev–Trinajstić information content (AvgIpc) is 3.27. The van der Waals surface area contributed by atoms with Gasteiger partial charge in [-0.3, -0.25) is 4.79 Å². The molecular formula is C32H36N2O5. The predicted octanol–water partition coefficient (Wildman–Crippen LogP) is 6.70.